The van der Waals surface area contributed by atoms with Crippen LogP contribution in [0.3, 0.4) is 0 Å². The van der Waals surface area contributed by atoms with Gasteiger partial charge in [0.2, 0.25) is 5.95 Å². The first kappa shape index (κ1) is 23.8. The normalized spacial score (nSPS) is 20.3. The molecular weight excluding hydrogens is 504 g/mol. The fraction of sp³-hybridized carbons (Fsp3) is 0.417. The molecular formula is C24H27BrN4O3S. The van der Waals surface area contributed by atoms with E-state index in [-0.39, 0.29) is 11.8 Å². The Bertz CT molecular complexity index is 1170. The number of aryl methyl sites for hydroxylation is 2. The van der Waals surface area contributed by atoms with E-state index in [1.54, 1.807) is 19.3 Å². The van der Waals surface area contributed by atoms with Gasteiger partial charge in [-0.05, 0) is 92.1 Å². The molecule has 33 heavy (non-hydrogen) atoms. The number of carboxylic acids is 1. The van der Waals surface area contributed by atoms with Crippen LogP contribution in [0.25, 0.3) is 10.4 Å². The number of anilines is 2. The first-order valence-electron chi connectivity index (χ1n) is 10.9. The van der Waals surface area contributed by atoms with Crippen molar-refractivity contribution in [1.82, 2.24) is 15.0 Å². The summed E-state index contributed by atoms with van der Waals surface area (Å²) in [4.78, 5) is 25.5. The third-order valence-corrected chi connectivity index (χ3v) is 8.69. The highest BCUT2D eigenvalue weighted by Gasteiger charge is 2.40. The number of halogens is 1. The van der Waals surface area contributed by atoms with Gasteiger partial charge in [-0.3, -0.25) is 4.79 Å². The third kappa shape index (κ3) is 5.10. The average Bonchev–Trinajstić information content (AvgIpc) is 3.27. The second kappa shape index (κ2) is 9.48. The van der Waals surface area contributed by atoms with Gasteiger partial charge in [-0.25, -0.2) is 15.0 Å². The Morgan fingerprint density at radius 3 is 2.61 bits per heavy atom. The summed E-state index contributed by atoms with van der Waals surface area (Å²) in [6.07, 6.45) is 6.06. The number of carboxylic acid groups (broad SMARTS) is 1. The minimum absolute atomic E-state index is 0.0104. The molecule has 1 fully saturated rings. The predicted octanol–water partition coefficient (Wildman–Crippen LogP) is 5.82. The molecule has 2 aromatic heterocycles. The lowest BCUT2D eigenvalue weighted by atomic mass is 9.74. The van der Waals surface area contributed by atoms with Crippen LogP contribution in [0.1, 0.15) is 48.9 Å². The van der Waals surface area contributed by atoms with Gasteiger partial charge in [0.15, 0.2) is 0 Å². The zero-order chi connectivity index (χ0) is 23.8. The van der Waals surface area contributed by atoms with Crippen LogP contribution >= 0.6 is 27.3 Å². The summed E-state index contributed by atoms with van der Waals surface area (Å²) >= 11 is 5.17. The van der Waals surface area contributed by atoms with Crippen LogP contribution < -0.4 is 5.32 Å². The maximum Gasteiger partial charge on any atom is 0.306 e. The second-order valence-corrected chi connectivity index (χ2v) is 10.7. The highest BCUT2D eigenvalue weighted by molar-refractivity contribution is 9.10. The van der Waals surface area contributed by atoms with E-state index >= 15 is 0 Å². The SMILES string of the molecule is Cc1ccnc(Nc2cc(C)c(Br)c(-c3cnc(C(C)(O)C4CCC(C(=O)O)CC4)s3)c2)n1. The van der Waals surface area contributed by atoms with Crippen LogP contribution in [0.5, 0.6) is 0 Å². The quantitative estimate of drug-likeness (QED) is 0.368. The van der Waals surface area contributed by atoms with E-state index in [2.05, 4.69) is 36.2 Å². The first-order valence-corrected chi connectivity index (χ1v) is 12.5. The summed E-state index contributed by atoms with van der Waals surface area (Å²) in [5.41, 5.74) is 2.67. The molecule has 2 heterocycles. The number of aliphatic hydroxyl groups is 1. The fourth-order valence-electron chi connectivity index (χ4n) is 4.37. The van der Waals surface area contributed by atoms with E-state index in [9.17, 15) is 15.0 Å². The summed E-state index contributed by atoms with van der Waals surface area (Å²) < 4.78 is 0.968. The van der Waals surface area contributed by atoms with Crippen LogP contribution in [0.4, 0.5) is 11.6 Å². The number of hydrogen-bond donors (Lipinski definition) is 3. The van der Waals surface area contributed by atoms with E-state index < -0.39 is 11.6 Å². The minimum Gasteiger partial charge on any atom is -0.481 e. The molecule has 0 amide bonds. The summed E-state index contributed by atoms with van der Waals surface area (Å²) in [6.45, 7) is 5.74. The van der Waals surface area contributed by atoms with Gasteiger partial charge in [0, 0.05) is 33.8 Å². The maximum absolute atomic E-state index is 11.4. The molecule has 0 radical (unpaired) electrons. The van der Waals surface area contributed by atoms with E-state index in [4.69, 9.17) is 0 Å². The van der Waals surface area contributed by atoms with Gasteiger partial charge in [-0.1, -0.05) is 0 Å². The molecule has 4 rings (SSSR count). The highest BCUT2D eigenvalue weighted by Crippen LogP contribution is 2.44. The molecule has 1 aromatic carbocycles. The van der Waals surface area contributed by atoms with Crippen molar-refractivity contribution in [2.24, 2.45) is 11.8 Å². The number of hydrogen-bond acceptors (Lipinski definition) is 7. The van der Waals surface area contributed by atoms with Crippen molar-refractivity contribution >= 4 is 44.9 Å². The molecule has 1 saturated carbocycles. The van der Waals surface area contributed by atoms with Crippen LogP contribution in [0.2, 0.25) is 0 Å². The van der Waals surface area contributed by atoms with Crippen molar-refractivity contribution in [1.29, 1.82) is 0 Å². The highest BCUT2D eigenvalue weighted by atomic mass is 79.9. The summed E-state index contributed by atoms with van der Waals surface area (Å²) in [5.74, 6) is -0.527. The van der Waals surface area contributed by atoms with Gasteiger partial charge in [0.05, 0.1) is 10.8 Å². The number of carbonyl (C=O) groups is 1. The number of rotatable bonds is 6. The third-order valence-electron chi connectivity index (χ3n) is 6.38. The predicted molar refractivity (Wildman–Crippen MR) is 133 cm³/mol. The molecule has 1 atom stereocenters. The van der Waals surface area contributed by atoms with E-state index in [0.717, 1.165) is 31.9 Å². The number of benzene rings is 1. The Morgan fingerprint density at radius 1 is 1.21 bits per heavy atom. The molecule has 174 valence electrons. The van der Waals surface area contributed by atoms with Crippen molar-refractivity contribution < 1.29 is 15.0 Å². The molecule has 1 aliphatic rings. The zero-order valence-electron chi connectivity index (χ0n) is 18.8. The Balaban J connectivity index is 1.59. The molecule has 7 nitrogen and oxygen atoms in total. The number of nitrogens with zero attached hydrogens (tertiary/aromatic N) is 3. The molecule has 3 aromatic rings. The van der Waals surface area contributed by atoms with Crippen LogP contribution in [0.15, 0.2) is 35.1 Å². The molecule has 0 aliphatic heterocycles. The van der Waals surface area contributed by atoms with Gasteiger partial charge < -0.3 is 15.5 Å². The van der Waals surface area contributed by atoms with Crippen molar-refractivity contribution in [2.45, 2.75) is 52.1 Å². The number of nitrogens with one attached hydrogen (secondary N) is 1. The lowest BCUT2D eigenvalue weighted by Crippen LogP contribution is -2.35. The van der Waals surface area contributed by atoms with Crippen molar-refractivity contribution in [3.8, 4) is 10.4 Å². The van der Waals surface area contributed by atoms with Gasteiger partial charge in [0.25, 0.3) is 0 Å². The lowest BCUT2D eigenvalue weighted by molar-refractivity contribution is -0.144. The summed E-state index contributed by atoms with van der Waals surface area (Å²) in [7, 11) is 0. The van der Waals surface area contributed by atoms with Crippen LogP contribution in [-0.4, -0.2) is 31.1 Å². The minimum atomic E-state index is -1.10. The standard InChI is InChI=1S/C24H27BrN4O3S/c1-13-10-17(29-23-26-9-8-14(2)28-23)11-18(20(13)25)19-12-27-22(33-19)24(3,32)16-6-4-15(5-7-16)21(30)31/h8-12,15-16,32H,4-7H2,1-3H3,(H,30,31)(H,26,28,29). The molecule has 1 unspecified atom stereocenters. The monoisotopic (exact) mass is 530 g/mol. The number of aliphatic carboxylic acids is 1. The largest absolute Gasteiger partial charge is 0.481 e. The van der Waals surface area contributed by atoms with Gasteiger partial charge in [0.1, 0.15) is 10.6 Å². The molecule has 0 bridgehead atoms. The molecule has 3 N–H and O–H groups in total. The van der Waals surface area contributed by atoms with Crippen LogP contribution in [0, 0.1) is 25.7 Å². The van der Waals surface area contributed by atoms with Crippen LogP contribution in [-0.2, 0) is 10.4 Å². The van der Waals surface area contributed by atoms with Gasteiger partial charge >= 0.3 is 5.97 Å². The smallest absolute Gasteiger partial charge is 0.306 e. The maximum atomic E-state index is 11.4. The lowest BCUT2D eigenvalue weighted by Gasteiger charge is -2.35. The molecule has 1 aliphatic carbocycles. The van der Waals surface area contributed by atoms with E-state index in [1.165, 1.54) is 11.3 Å². The topological polar surface area (TPSA) is 108 Å². The van der Waals surface area contributed by atoms with Gasteiger partial charge in [-0.2, -0.15) is 0 Å². The van der Waals surface area contributed by atoms with Crippen molar-refractivity contribution in [2.75, 3.05) is 5.32 Å². The van der Waals surface area contributed by atoms with Gasteiger partial charge in [-0.15, -0.1) is 11.3 Å². The Kier molecular flexibility index (Phi) is 6.83. The second-order valence-electron chi connectivity index (χ2n) is 8.87. The fourth-order valence-corrected chi connectivity index (χ4v) is 6.01. The summed E-state index contributed by atoms with van der Waals surface area (Å²) in [6, 6.07) is 5.90. The Labute approximate surface area is 205 Å². The average molecular weight is 531 g/mol. The molecule has 0 saturated heterocycles. The Morgan fingerprint density at radius 2 is 1.94 bits per heavy atom. The van der Waals surface area contributed by atoms with Crippen molar-refractivity contribution in [3.05, 3.63) is 51.3 Å². The first-order chi connectivity index (χ1) is 15.6. The number of aromatic nitrogens is 3. The summed E-state index contributed by atoms with van der Waals surface area (Å²) in [5, 5.41) is 24.5. The van der Waals surface area contributed by atoms with E-state index in [1.807, 2.05) is 32.0 Å². The van der Waals surface area contributed by atoms with Crippen molar-refractivity contribution in [3.63, 3.8) is 0 Å². The zero-order valence-corrected chi connectivity index (χ0v) is 21.2. The molecule has 0 spiro atoms. The van der Waals surface area contributed by atoms with E-state index in [0.29, 0.717) is 36.6 Å². The number of thiazole rings is 1. The molecule has 9 heteroatoms. The Hall–Kier alpha value is -2.36.